The quantitative estimate of drug-likeness (QED) is 0.856. The first-order valence-corrected chi connectivity index (χ1v) is 7.32. The molecule has 0 spiro atoms. The van der Waals surface area contributed by atoms with Crippen LogP contribution in [-0.2, 0) is 4.79 Å². The van der Waals surface area contributed by atoms with E-state index in [1.807, 2.05) is 6.92 Å². The Kier molecular flexibility index (Phi) is 5.16. The lowest BCUT2D eigenvalue weighted by Crippen LogP contribution is -2.44. The molecule has 1 aromatic carbocycles. The van der Waals surface area contributed by atoms with Gasteiger partial charge in [0.05, 0.1) is 5.56 Å². The topological polar surface area (TPSA) is 79.5 Å². The molecule has 2 rings (SSSR count). The highest BCUT2D eigenvalue weighted by atomic mass is 19.1. The highest BCUT2D eigenvalue weighted by Gasteiger charge is 2.27. The first kappa shape index (κ1) is 16.7. The molecule has 1 aromatic heterocycles. The molecule has 0 bridgehead atoms. The van der Waals surface area contributed by atoms with Crippen molar-refractivity contribution < 1.29 is 23.5 Å². The Morgan fingerprint density at radius 2 is 1.96 bits per heavy atom. The van der Waals surface area contributed by atoms with Crippen LogP contribution in [0.5, 0.6) is 0 Å². The number of carbonyl (C=O) groups is 2. The monoisotopic (exact) mass is 319 g/mol. The summed E-state index contributed by atoms with van der Waals surface area (Å²) in [6.07, 6.45) is 0.607. The third-order valence-electron chi connectivity index (χ3n) is 3.73. The van der Waals surface area contributed by atoms with Crippen molar-refractivity contribution >= 4 is 11.9 Å². The van der Waals surface area contributed by atoms with Crippen LogP contribution in [0, 0.1) is 11.7 Å². The van der Waals surface area contributed by atoms with Crippen LogP contribution in [0.4, 0.5) is 4.39 Å². The lowest BCUT2D eigenvalue weighted by atomic mass is 9.99. The maximum absolute atomic E-state index is 13.7. The molecule has 2 atom stereocenters. The molecule has 2 aromatic rings. The van der Waals surface area contributed by atoms with E-state index < -0.39 is 23.7 Å². The van der Waals surface area contributed by atoms with Crippen molar-refractivity contribution in [3.8, 4) is 11.3 Å². The fraction of sp³-hybridized carbons (Fsp3) is 0.294. The van der Waals surface area contributed by atoms with Crippen molar-refractivity contribution in [3.63, 3.8) is 0 Å². The summed E-state index contributed by atoms with van der Waals surface area (Å²) in [4.78, 5) is 23.4. The third kappa shape index (κ3) is 3.77. The molecule has 0 saturated carbocycles. The second-order valence-corrected chi connectivity index (χ2v) is 5.32. The maximum atomic E-state index is 13.7. The van der Waals surface area contributed by atoms with Crippen LogP contribution in [0.3, 0.4) is 0 Å². The van der Waals surface area contributed by atoms with Gasteiger partial charge in [0.2, 0.25) is 0 Å². The molecule has 5 nitrogen and oxygen atoms in total. The predicted octanol–water partition coefficient (Wildman–Crippen LogP) is 3.31. The number of furan rings is 1. The zero-order valence-corrected chi connectivity index (χ0v) is 12.9. The van der Waals surface area contributed by atoms with Gasteiger partial charge < -0.3 is 14.8 Å². The van der Waals surface area contributed by atoms with Gasteiger partial charge in [0.15, 0.2) is 5.76 Å². The fourth-order valence-corrected chi connectivity index (χ4v) is 2.16. The van der Waals surface area contributed by atoms with E-state index in [1.54, 1.807) is 19.1 Å². The number of rotatable bonds is 6. The summed E-state index contributed by atoms with van der Waals surface area (Å²) in [7, 11) is 0. The number of hydrogen-bond acceptors (Lipinski definition) is 3. The molecule has 0 unspecified atom stereocenters. The average molecular weight is 319 g/mol. The fourth-order valence-electron chi connectivity index (χ4n) is 2.16. The van der Waals surface area contributed by atoms with Crippen molar-refractivity contribution in [3.05, 3.63) is 48.0 Å². The van der Waals surface area contributed by atoms with E-state index >= 15 is 0 Å². The van der Waals surface area contributed by atoms with E-state index in [-0.39, 0.29) is 23.0 Å². The average Bonchev–Trinajstić information content (AvgIpc) is 3.01. The van der Waals surface area contributed by atoms with Crippen molar-refractivity contribution in [1.82, 2.24) is 5.32 Å². The zero-order chi connectivity index (χ0) is 17.0. The van der Waals surface area contributed by atoms with Crippen LogP contribution in [0.1, 0.15) is 30.8 Å². The number of carboxylic acid groups (broad SMARTS) is 1. The molecule has 0 aliphatic rings. The molecule has 122 valence electrons. The Bertz CT molecular complexity index is 710. The SMILES string of the molecule is CC[C@H](C)[C@H](NC(=O)c1ccc(-c2ccccc2F)o1)C(=O)O. The van der Waals surface area contributed by atoms with Crippen LogP contribution in [-0.4, -0.2) is 23.0 Å². The van der Waals surface area contributed by atoms with Crippen LogP contribution < -0.4 is 5.32 Å². The van der Waals surface area contributed by atoms with Gasteiger partial charge in [-0.2, -0.15) is 0 Å². The van der Waals surface area contributed by atoms with Crippen molar-refractivity contribution in [1.29, 1.82) is 0 Å². The van der Waals surface area contributed by atoms with E-state index in [9.17, 15) is 19.1 Å². The summed E-state index contributed by atoms with van der Waals surface area (Å²) >= 11 is 0. The van der Waals surface area contributed by atoms with Gasteiger partial charge in [-0.3, -0.25) is 4.79 Å². The Labute approximate surface area is 133 Å². The summed E-state index contributed by atoms with van der Waals surface area (Å²) in [6, 6.07) is 7.91. The maximum Gasteiger partial charge on any atom is 0.326 e. The lowest BCUT2D eigenvalue weighted by Gasteiger charge is -2.19. The molecule has 1 amide bonds. The summed E-state index contributed by atoms with van der Waals surface area (Å²) < 4.78 is 19.1. The summed E-state index contributed by atoms with van der Waals surface area (Å²) in [6.45, 7) is 3.59. The molecule has 6 heteroatoms. The van der Waals surface area contributed by atoms with Crippen LogP contribution >= 0.6 is 0 Å². The molecule has 0 fully saturated rings. The number of halogens is 1. The zero-order valence-electron chi connectivity index (χ0n) is 12.9. The van der Waals surface area contributed by atoms with Gasteiger partial charge in [0, 0.05) is 0 Å². The van der Waals surface area contributed by atoms with Gasteiger partial charge in [-0.25, -0.2) is 9.18 Å². The van der Waals surface area contributed by atoms with Crippen LogP contribution in [0.15, 0.2) is 40.8 Å². The number of carboxylic acids is 1. The molecular weight excluding hydrogens is 301 g/mol. The Balaban J connectivity index is 2.18. The van der Waals surface area contributed by atoms with Crippen LogP contribution in [0.25, 0.3) is 11.3 Å². The Hall–Kier alpha value is -2.63. The third-order valence-corrected chi connectivity index (χ3v) is 3.73. The van der Waals surface area contributed by atoms with E-state index in [1.165, 1.54) is 24.3 Å². The molecule has 0 aliphatic heterocycles. The van der Waals surface area contributed by atoms with Crippen molar-refractivity contribution in [2.45, 2.75) is 26.3 Å². The predicted molar refractivity (Wildman–Crippen MR) is 82.4 cm³/mol. The standard InChI is InChI=1S/C17H18FNO4/c1-3-10(2)15(17(21)22)19-16(20)14-9-8-13(23-14)11-6-4-5-7-12(11)18/h4-10,15H,3H2,1-2H3,(H,19,20)(H,21,22)/t10-,15-/m0/s1. The molecule has 1 heterocycles. The van der Waals surface area contributed by atoms with Gasteiger partial charge >= 0.3 is 5.97 Å². The van der Waals surface area contributed by atoms with Crippen LogP contribution in [0.2, 0.25) is 0 Å². The van der Waals surface area contributed by atoms with E-state index in [2.05, 4.69) is 5.32 Å². The van der Waals surface area contributed by atoms with Gasteiger partial charge in [0.1, 0.15) is 17.6 Å². The molecule has 0 radical (unpaired) electrons. The van der Waals surface area contributed by atoms with Gasteiger partial charge in [-0.05, 0) is 30.2 Å². The summed E-state index contributed by atoms with van der Waals surface area (Å²) in [5.74, 6) is -2.27. The minimum atomic E-state index is -1.10. The van der Waals surface area contributed by atoms with E-state index in [0.29, 0.717) is 6.42 Å². The number of hydrogen-bond donors (Lipinski definition) is 2. The first-order chi connectivity index (χ1) is 10.9. The van der Waals surface area contributed by atoms with Crippen molar-refractivity contribution in [2.24, 2.45) is 5.92 Å². The highest BCUT2D eigenvalue weighted by Crippen LogP contribution is 2.24. The number of amides is 1. The van der Waals surface area contributed by atoms with Gasteiger partial charge in [0.25, 0.3) is 5.91 Å². The minimum Gasteiger partial charge on any atom is -0.480 e. The van der Waals surface area contributed by atoms with Gasteiger partial charge in [-0.15, -0.1) is 0 Å². The highest BCUT2D eigenvalue weighted by molar-refractivity contribution is 5.94. The number of carbonyl (C=O) groups excluding carboxylic acids is 1. The lowest BCUT2D eigenvalue weighted by molar-refractivity contribution is -0.140. The number of nitrogens with one attached hydrogen (secondary N) is 1. The molecule has 0 aliphatic carbocycles. The Morgan fingerprint density at radius 3 is 2.57 bits per heavy atom. The minimum absolute atomic E-state index is 0.0576. The Morgan fingerprint density at radius 1 is 1.26 bits per heavy atom. The first-order valence-electron chi connectivity index (χ1n) is 7.32. The van der Waals surface area contributed by atoms with E-state index in [4.69, 9.17) is 4.42 Å². The van der Waals surface area contributed by atoms with Crippen molar-refractivity contribution in [2.75, 3.05) is 0 Å². The molecule has 23 heavy (non-hydrogen) atoms. The second-order valence-electron chi connectivity index (χ2n) is 5.32. The summed E-state index contributed by atoms with van der Waals surface area (Å²) in [5, 5.41) is 11.6. The number of benzene rings is 1. The molecular formula is C17H18FNO4. The van der Waals surface area contributed by atoms with Gasteiger partial charge in [-0.1, -0.05) is 32.4 Å². The second kappa shape index (κ2) is 7.09. The molecule has 0 saturated heterocycles. The normalized spacial score (nSPS) is 13.3. The smallest absolute Gasteiger partial charge is 0.326 e. The van der Waals surface area contributed by atoms with E-state index in [0.717, 1.165) is 0 Å². The number of aliphatic carboxylic acids is 1. The molecule has 2 N–H and O–H groups in total. The summed E-state index contributed by atoms with van der Waals surface area (Å²) in [5.41, 5.74) is 0.239. The largest absolute Gasteiger partial charge is 0.480 e.